The van der Waals surface area contributed by atoms with Crippen LogP contribution in [0.4, 0.5) is 8.78 Å². The van der Waals surface area contributed by atoms with Crippen molar-refractivity contribution in [3.8, 4) is 11.5 Å². The number of H-pyrrole nitrogens is 1. The number of aromatic nitrogens is 4. The second-order valence-electron chi connectivity index (χ2n) is 5.95. The SMILES string of the molecule is Cc1nc2c(c(CO)nn2[C@H](C)c2ccc3c(c2)OC(F)(F)O3)c(=O)[nH]1. The van der Waals surface area contributed by atoms with Crippen LogP contribution in [0.2, 0.25) is 0 Å². The summed E-state index contributed by atoms with van der Waals surface area (Å²) in [5.41, 5.74) is 0.678. The molecule has 0 bridgehead atoms. The zero-order valence-corrected chi connectivity index (χ0v) is 13.8. The van der Waals surface area contributed by atoms with Gasteiger partial charge in [0.05, 0.1) is 12.6 Å². The van der Waals surface area contributed by atoms with E-state index in [1.807, 2.05) is 0 Å². The summed E-state index contributed by atoms with van der Waals surface area (Å²) < 4.78 is 36.7. The summed E-state index contributed by atoms with van der Waals surface area (Å²) in [6.07, 6.45) is -3.70. The fraction of sp³-hybridized carbons (Fsp3) is 0.312. The van der Waals surface area contributed by atoms with Crippen molar-refractivity contribution in [2.75, 3.05) is 0 Å². The van der Waals surface area contributed by atoms with Gasteiger partial charge < -0.3 is 19.6 Å². The summed E-state index contributed by atoms with van der Waals surface area (Å²) in [5.74, 6) is 0.253. The van der Waals surface area contributed by atoms with Crippen molar-refractivity contribution in [2.24, 2.45) is 0 Å². The lowest BCUT2D eigenvalue weighted by atomic mass is 10.1. The smallest absolute Gasteiger partial charge is 0.395 e. The first-order valence-electron chi connectivity index (χ1n) is 7.78. The minimum atomic E-state index is -3.70. The average Bonchev–Trinajstić information content (AvgIpc) is 3.08. The van der Waals surface area contributed by atoms with E-state index in [1.165, 1.54) is 16.8 Å². The molecule has 0 saturated heterocycles. The summed E-state index contributed by atoms with van der Waals surface area (Å²) in [6, 6.07) is 3.94. The molecule has 1 aliphatic heterocycles. The first-order chi connectivity index (χ1) is 12.3. The molecule has 0 unspecified atom stereocenters. The maximum Gasteiger partial charge on any atom is 0.586 e. The van der Waals surface area contributed by atoms with E-state index in [-0.39, 0.29) is 22.6 Å². The van der Waals surface area contributed by atoms with Crippen LogP contribution < -0.4 is 15.0 Å². The van der Waals surface area contributed by atoms with Crippen LogP contribution in [0.15, 0.2) is 23.0 Å². The molecule has 8 nitrogen and oxygen atoms in total. The fourth-order valence-electron chi connectivity index (χ4n) is 2.97. The quantitative estimate of drug-likeness (QED) is 0.735. The predicted octanol–water partition coefficient (Wildman–Crippen LogP) is 1.85. The minimum Gasteiger partial charge on any atom is -0.395 e. The van der Waals surface area contributed by atoms with Gasteiger partial charge in [-0.25, -0.2) is 9.67 Å². The number of benzene rings is 1. The molecule has 1 aliphatic rings. The largest absolute Gasteiger partial charge is 0.586 e. The van der Waals surface area contributed by atoms with Gasteiger partial charge in [-0.05, 0) is 31.5 Å². The third kappa shape index (κ3) is 2.49. The van der Waals surface area contributed by atoms with Crippen LogP contribution in [0.5, 0.6) is 11.5 Å². The van der Waals surface area contributed by atoms with Crippen LogP contribution in [-0.4, -0.2) is 31.1 Å². The normalized spacial score (nSPS) is 16.2. The molecule has 0 radical (unpaired) electrons. The van der Waals surface area contributed by atoms with Gasteiger partial charge in [-0.1, -0.05) is 6.07 Å². The van der Waals surface area contributed by atoms with Crippen molar-refractivity contribution < 1.29 is 23.4 Å². The van der Waals surface area contributed by atoms with E-state index in [0.717, 1.165) is 0 Å². The second kappa shape index (κ2) is 5.49. The van der Waals surface area contributed by atoms with Crippen LogP contribution in [0.1, 0.15) is 30.0 Å². The number of ether oxygens (including phenoxy) is 2. The van der Waals surface area contributed by atoms with Crippen LogP contribution in [-0.2, 0) is 6.61 Å². The van der Waals surface area contributed by atoms with Gasteiger partial charge in [0, 0.05) is 0 Å². The van der Waals surface area contributed by atoms with Gasteiger partial charge in [-0.2, -0.15) is 5.10 Å². The lowest BCUT2D eigenvalue weighted by Crippen LogP contribution is -2.25. The summed E-state index contributed by atoms with van der Waals surface area (Å²) >= 11 is 0. The van der Waals surface area contributed by atoms with Gasteiger partial charge in [-0.3, -0.25) is 4.79 Å². The van der Waals surface area contributed by atoms with Gasteiger partial charge in [0.2, 0.25) is 0 Å². The summed E-state index contributed by atoms with van der Waals surface area (Å²) in [6.45, 7) is 2.96. The Morgan fingerprint density at radius 3 is 2.81 bits per heavy atom. The molecule has 0 saturated carbocycles. The van der Waals surface area contributed by atoms with Crippen molar-refractivity contribution in [3.05, 3.63) is 45.6 Å². The van der Waals surface area contributed by atoms with Crippen LogP contribution in [0, 0.1) is 6.92 Å². The summed E-state index contributed by atoms with van der Waals surface area (Å²) in [5, 5.41) is 14.0. The number of alkyl halides is 2. The van der Waals surface area contributed by atoms with E-state index in [4.69, 9.17) is 0 Å². The van der Waals surface area contributed by atoms with Gasteiger partial charge in [0.1, 0.15) is 16.9 Å². The van der Waals surface area contributed by atoms with E-state index >= 15 is 0 Å². The molecular weight excluding hydrogens is 350 g/mol. The third-order valence-corrected chi connectivity index (χ3v) is 4.18. The van der Waals surface area contributed by atoms with Crippen molar-refractivity contribution >= 4 is 11.0 Å². The number of rotatable bonds is 3. The van der Waals surface area contributed by atoms with E-state index in [0.29, 0.717) is 17.0 Å². The molecule has 10 heteroatoms. The van der Waals surface area contributed by atoms with Gasteiger partial charge in [0.25, 0.3) is 5.56 Å². The summed E-state index contributed by atoms with van der Waals surface area (Å²) in [4.78, 5) is 19.1. The Morgan fingerprint density at radius 1 is 1.35 bits per heavy atom. The Morgan fingerprint density at radius 2 is 2.08 bits per heavy atom. The molecule has 4 rings (SSSR count). The molecule has 26 heavy (non-hydrogen) atoms. The number of aliphatic hydroxyl groups is 1. The highest BCUT2D eigenvalue weighted by atomic mass is 19.3. The predicted molar refractivity (Wildman–Crippen MR) is 85.3 cm³/mol. The second-order valence-corrected chi connectivity index (χ2v) is 5.95. The number of hydrogen-bond acceptors (Lipinski definition) is 6. The zero-order chi connectivity index (χ0) is 18.6. The van der Waals surface area contributed by atoms with E-state index in [2.05, 4.69) is 24.5 Å². The molecule has 1 aromatic carbocycles. The minimum absolute atomic E-state index is 0.0577. The lowest BCUT2D eigenvalue weighted by Gasteiger charge is -2.14. The van der Waals surface area contributed by atoms with Crippen LogP contribution in [0.25, 0.3) is 11.0 Å². The standard InChI is InChI=1S/C16H14F2N4O4/c1-7(9-3-4-11-12(5-9)26-16(17,18)25-11)22-14-13(10(6-23)21-22)15(24)20-8(2)19-14/h3-5,7,23H,6H2,1-2H3,(H,19,20,24)/t7-/m1/s1. The topological polar surface area (TPSA) is 102 Å². The third-order valence-electron chi connectivity index (χ3n) is 4.18. The summed E-state index contributed by atoms with van der Waals surface area (Å²) in [7, 11) is 0. The highest BCUT2D eigenvalue weighted by Gasteiger charge is 2.43. The number of halogens is 2. The zero-order valence-electron chi connectivity index (χ0n) is 13.8. The molecule has 1 atom stereocenters. The number of nitrogens with one attached hydrogen (secondary N) is 1. The van der Waals surface area contributed by atoms with Crippen LogP contribution in [0.3, 0.4) is 0 Å². The number of fused-ring (bicyclic) bond motifs is 2. The molecule has 0 fully saturated rings. The lowest BCUT2D eigenvalue weighted by molar-refractivity contribution is -0.286. The Kier molecular flexibility index (Phi) is 3.48. The van der Waals surface area contributed by atoms with Gasteiger partial charge >= 0.3 is 6.29 Å². The fourth-order valence-corrected chi connectivity index (χ4v) is 2.97. The number of hydrogen-bond donors (Lipinski definition) is 2. The Balaban J connectivity index is 1.83. The highest BCUT2D eigenvalue weighted by molar-refractivity contribution is 5.77. The Hall–Kier alpha value is -3.01. The van der Waals surface area contributed by atoms with Crippen molar-refractivity contribution in [3.63, 3.8) is 0 Å². The molecule has 0 spiro atoms. The van der Waals surface area contributed by atoms with Gasteiger partial charge in [0.15, 0.2) is 17.1 Å². The Labute approximate surface area is 145 Å². The average molecular weight is 364 g/mol. The molecule has 0 amide bonds. The maximum atomic E-state index is 13.2. The molecule has 0 aliphatic carbocycles. The highest BCUT2D eigenvalue weighted by Crippen LogP contribution is 2.42. The van der Waals surface area contributed by atoms with Crippen LogP contribution >= 0.6 is 0 Å². The van der Waals surface area contributed by atoms with E-state index < -0.39 is 24.5 Å². The first-order valence-corrected chi connectivity index (χ1v) is 7.78. The van der Waals surface area contributed by atoms with Crippen molar-refractivity contribution in [1.82, 2.24) is 19.7 Å². The molecule has 2 N–H and O–H groups in total. The number of aliphatic hydroxyl groups excluding tert-OH is 1. The molecule has 3 heterocycles. The Bertz CT molecular complexity index is 1080. The number of aryl methyl sites for hydroxylation is 1. The number of nitrogens with zero attached hydrogens (tertiary/aromatic N) is 3. The molecule has 2 aromatic heterocycles. The molecule has 136 valence electrons. The van der Waals surface area contributed by atoms with Gasteiger partial charge in [-0.15, -0.1) is 8.78 Å². The maximum absolute atomic E-state index is 13.2. The first kappa shape index (κ1) is 16.5. The number of aromatic amines is 1. The monoisotopic (exact) mass is 364 g/mol. The molecular formula is C16H14F2N4O4. The van der Waals surface area contributed by atoms with Crippen molar-refractivity contribution in [2.45, 2.75) is 32.8 Å². The molecule has 3 aromatic rings. The van der Waals surface area contributed by atoms with E-state index in [9.17, 15) is 18.7 Å². The van der Waals surface area contributed by atoms with Crippen molar-refractivity contribution in [1.29, 1.82) is 0 Å². The van der Waals surface area contributed by atoms with E-state index in [1.54, 1.807) is 19.9 Å².